The summed E-state index contributed by atoms with van der Waals surface area (Å²) in [6.07, 6.45) is 6.66. The Morgan fingerprint density at radius 1 is 1.06 bits per heavy atom. The zero-order valence-corrected chi connectivity index (χ0v) is 21.3. The van der Waals surface area contributed by atoms with Crippen molar-refractivity contribution in [3.8, 4) is 0 Å². The average Bonchev–Trinajstić information content (AvgIpc) is 3.57. The molecule has 0 aromatic heterocycles. The van der Waals surface area contributed by atoms with Crippen molar-refractivity contribution < 1.29 is 34.3 Å². The maximum Gasteiger partial charge on any atom is 0.184 e. The van der Waals surface area contributed by atoms with Crippen LogP contribution >= 0.6 is 0 Å². The van der Waals surface area contributed by atoms with Gasteiger partial charge in [0.25, 0.3) is 0 Å². The summed E-state index contributed by atoms with van der Waals surface area (Å²) < 4.78 is 19.2. The number of allylic oxidation sites excluding steroid dienone is 1. The number of carbonyl (C=O) groups is 1. The fraction of sp³-hybridized carbons (Fsp3) is 0.893. The first-order valence-electron chi connectivity index (χ1n) is 13.7. The van der Waals surface area contributed by atoms with Crippen molar-refractivity contribution in [3.05, 3.63) is 12.2 Å². The van der Waals surface area contributed by atoms with Gasteiger partial charge < -0.3 is 29.5 Å². The van der Waals surface area contributed by atoms with E-state index in [9.17, 15) is 20.1 Å². The van der Waals surface area contributed by atoms with Gasteiger partial charge in [0, 0.05) is 17.3 Å². The third-order valence-electron chi connectivity index (χ3n) is 12.7. The van der Waals surface area contributed by atoms with E-state index < -0.39 is 28.5 Å². The number of ketones is 1. The van der Waals surface area contributed by atoms with Crippen LogP contribution in [0, 0.1) is 40.4 Å². The zero-order chi connectivity index (χ0) is 24.8. The van der Waals surface area contributed by atoms with Gasteiger partial charge in [-0.05, 0) is 76.2 Å². The second-order valence-corrected chi connectivity index (χ2v) is 13.6. The van der Waals surface area contributed by atoms with E-state index in [0.717, 1.165) is 25.7 Å². The standard InChI is InChI=1S/C28H40O7/c1-14-18-12-15(26(4,31)23(30)34-18)13-33-28(14)11-8-16-20-17(7-10-24(16,28)2)25(3)19(29)6-5-9-27(25,32)22-21(20)35-22/h5-6,14-18,20-23,30-32H,7-13H2,1-4H3/t14-,15-,16-,17-,18-,20+,21+,22+,23-,24+,25+,26+,27+,28-/m1/s1. The number of rotatable bonds is 0. The highest BCUT2D eigenvalue weighted by molar-refractivity contribution is 5.97. The summed E-state index contributed by atoms with van der Waals surface area (Å²) in [5, 5.41) is 33.3. The first-order valence-corrected chi connectivity index (χ1v) is 13.7. The Kier molecular flexibility index (Phi) is 4.51. The first kappa shape index (κ1) is 23.3. The minimum atomic E-state index is -1.33. The van der Waals surface area contributed by atoms with Gasteiger partial charge in [0.05, 0.1) is 29.8 Å². The molecule has 7 rings (SSSR count). The molecule has 3 aliphatic heterocycles. The molecule has 0 aromatic carbocycles. The van der Waals surface area contributed by atoms with Crippen molar-refractivity contribution in [1.29, 1.82) is 0 Å². The Balaban J connectivity index is 1.27. The number of fused-ring (bicyclic) bond motifs is 11. The summed E-state index contributed by atoms with van der Waals surface area (Å²) in [4.78, 5) is 13.4. The van der Waals surface area contributed by atoms with Crippen LogP contribution in [0.15, 0.2) is 12.2 Å². The minimum absolute atomic E-state index is 0.00345. The number of aliphatic hydroxyl groups is 3. The van der Waals surface area contributed by atoms with Crippen LogP contribution < -0.4 is 0 Å². The topological polar surface area (TPSA) is 109 Å². The van der Waals surface area contributed by atoms with E-state index in [0.29, 0.717) is 25.4 Å². The van der Waals surface area contributed by atoms with Crippen molar-refractivity contribution in [2.75, 3.05) is 6.61 Å². The summed E-state index contributed by atoms with van der Waals surface area (Å²) in [6, 6.07) is 0. The number of epoxide rings is 1. The predicted octanol–water partition coefficient (Wildman–Crippen LogP) is 2.36. The van der Waals surface area contributed by atoms with Crippen LogP contribution in [0.5, 0.6) is 0 Å². The van der Waals surface area contributed by atoms with E-state index in [1.165, 1.54) is 0 Å². The van der Waals surface area contributed by atoms with E-state index in [1.54, 1.807) is 13.0 Å². The van der Waals surface area contributed by atoms with E-state index in [1.807, 2.05) is 13.0 Å². The van der Waals surface area contributed by atoms with Crippen LogP contribution in [0.25, 0.3) is 0 Å². The van der Waals surface area contributed by atoms with E-state index in [2.05, 4.69) is 13.8 Å². The minimum Gasteiger partial charge on any atom is -0.386 e. The first-order chi connectivity index (χ1) is 16.4. The van der Waals surface area contributed by atoms with Crippen LogP contribution in [0.2, 0.25) is 0 Å². The van der Waals surface area contributed by atoms with Crippen molar-refractivity contribution in [2.24, 2.45) is 40.4 Å². The summed E-state index contributed by atoms with van der Waals surface area (Å²) in [5.74, 6) is 0.554. The predicted molar refractivity (Wildman–Crippen MR) is 125 cm³/mol. The van der Waals surface area contributed by atoms with Crippen LogP contribution in [0.1, 0.15) is 66.2 Å². The molecule has 6 fully saturated rings. The summed E-state index contributed by atoms with van der Waals surface area (Å²) in [6.45, 7) is 8.62. The van der Waals surface area contributed by atoms with Gasteiger partial charge in [-0.2, -0.15) is 0 Å². The normalized spacial score (nSPS) is 64.7. The van der Waals surface area contributed by atoms with Crippen LogP contribution in [0.4, 0.5) is 0 Å². The largest absolute Gasteiger partial charge is 0.386 e. The molecule has 0 radical (unpaired) electrons. The lowest BCUT2D eigenvalue weighted by Crippen LogP contribution is -2.68. The zero-order valence-electron chi connectivity index (χ0n) is 21.3. The van der Waals surface area contributed by atoms with Crippen molar-refractivity contribution >= 4 is 5.78 Å². The molecule has 35 heavy (non-hydrogen) atoms. The highest BCUT2D eigenvalue weighted by Gasteiger charge is 2.79. The average molecular weight is 489 g/mol. The van der Waals surface area contributed by atoms with E-state index in [4.69, 9.17) is 14.2 Å². The Bertz CT molecular complexity index is 994. The Morgan fingerprint density at radius 2 is 1.80 bits per heavy atom. The lowest BCUT2D eigenvalue weighted by Gasteiger charge is -2.61. The Morgan fingerprint density at radius 3 is 2.57 bits per heavy atom. The third-order valence-corrected chi connectivity index (χ3v) is 12.7. The summed E-state index contributed by atoms with van der Waals surface area (Å²) >= 11 is 0. The molecule has 14 atom stereocenters. The maximum atomic E-state index is 13.4. The molecule has 0 aromatic rings. The van der Waals surface area contributed by atoms with Crippen molar-refractivity contribution in [1.82, 2.24) is 0 Å². The summed E-state index contributed by atoms with van der Waals surface area (Å²) in [5.41, 5.74) is -3.82. The summed E-state index contributed by atoms with van der Waals surface area (Å²) in [7, 11) is 0. The van der Waals surface area contributed by atoms with Gasteiger partial charge in [-0.15, -0.1) is 0 Å². The Labute approximate surface area is 207 Å². The molecular weight excluding hydrogens is 448 g/mol. The fourth-order valence-corrected chi connectivity index (χ4v) is 10.3. The quantitative estimate of drug-likeness (QED) is 0.449. The molecule has 0 amide bonds. The SMILES string of the molecule is C[C@@H]1[C@H]2C[C@H](CO[C@]13CC[C@@H]1[C@@H]4[C@@H]5O[C@@H]5[C@@]5(O)CC=CC(=O)[C@]5(C)[C@@H]4CC[C@@]13C)[C@](C)(O)[C@H](O)O2. The lowest BCUT2D eigenvalue weighted by molar-refractivity contribution is -0.282. The molecule has 4 aliphatic carbocycles. The third kappa shape index (κ3) is 2.47. The molecule has 2 bridgehead atoms. The number of carbonyl (C=O) groups excluding carboxylic acids is 1. The molecule has 3 saturated heterocycles. The van der Waals surface area contributed by atoms with Crippen LogP contribution in [-0.4, -0.2) is 69.1 Å². The molecule has 3 N–H and O–H groups in total. The van der Waals surface area contributed by atoms with Gasteiger partial charge in [-0.3, -0.25) is 4.79 Å². The molecule has 1 spiro atoms. The molecule has 7 heteroatoms. The highest BCUT2D eigenvalue weighted by Crippen LogP contribution is 2.73. The van der Waals surface area contributed by atoms with Gasteiger partial charge in [0.2, 0.25) is 0 Å². The van der Waals surface area contributed by atoms with Crippen LogP contribution in [-0.2, 0) is 19.0 Å². The number of aliphatic hydroxyl groups excluding tert-OH is 1. The van der Waals surface area contributed by atoms with Crippen molar-refractivity contribution in [3.63, 3.8) is 0 Å². The van der Waals surface area contributed by atoms with E-state index in [-0.39, 0.29) is 53.2 Å². The molecule has 0 unspecified atom stereocenters. The van der Waals surface area contributed by atoms with Gasteiger partial charge in [0.15, 0.2) is 12.1 Å². The lowest BCUT2D eigenvalue weighted by atomic mass is 9.43. The highest BCUT2D eigenvalue weighted by atomic mass is 16.6. The molecule has 7 aliphatic rings. The van der Waals surface area contributed by atoms with Crippen molar-refractivity contribution in [2.45, 2.75) is 108 Å². The van der Waals surface area contributed by atoms with Gasteiger partial charge in [0.1, 0.15) is 17.3 Å². The molecule has 3 heterocycles. The number of hydrogen-bond acceptors (Lipinski definition) is 7. The fourth-order valence-electron chi connectivity index (χ4n) is 10.3. The second-order valence-electron chi connectivity index (χ2n) is 13.6. The Hall–Kier alpha value is -0.830. The number of hydrogen-bond donors (Lipinski definition) is 3. The number of ether oxygens (including phenoxy) is 3. The van der Waals surface area contributed by atoms with Gasteiger partial charge in [-0.1, -0.05) is 19.9 Å². The maximum absolute atomic E-state index is 13.4. The van der Waals surface area contributed by atoms with Gasteiger partial charge >= 0.3 is 0 Å². The van der Waals surface area contributed by atoms with Gasteiger partial charge in [-0.25, -0.2) is 0 Å². The van der Waals surface area contributed by atoms with Crippen LogP contribution in [0.3, 0.4) is 0 Å². The van der Waals surface area contributed by atoms with E-state index >= 15 is 0 Å². The second kappa shape index (κ2) is 6.78. The molecular formula is C28H40O7. The molecule has 3 saturated carbocycles. The molecule has 194 valence electrons. The monoisotopic (exact) mass is 488 g/mol. The smallest absolute Gasteiger partial charge is 0.184 e. The molecule has 7 nitrogen and oxygen atoms in total.